The fourth-order valence-corrected chi connectivity index (χ4v) is 8.44. The zero-order valence-electron chi connectivity index (χ0n) is 41.8. The number of ether oxygens (including phenoxy) is 1. The Balaban J connectivity index is 1.49. The van der Waals surface area contributed by atoms with Gasteiger partial charge in [-0.05, 0) is 87.8 Å². The van der Waals surface area contributed by atoms with Crippen molar-refractivity contribution in [2.75, 3.05) is 6.54 Å². The summed E-state index contributed by atoms with van der Waals surface area (Å²) in [5.41, 5.74) is 2.11. The number of aryl methyl sites for hydroxylation is 1. The summed E-state index contributed by atoms with van der Waals surface area (Å²) in [5.74, 6) is -4.57. The molecular weight excluding hydrogens is 947 g/mol. The van der Waals surface area contributed by atoms with Gasteiger partial charge >= 0.3 is 12.1 Å². The molecule has 0 aliphatic heterocycles. The standard InChI is InChI=1S/C52H71N7O12S/c1-6-8-22-41(57-49(65)43(59-51(67)71-52(3,4)5)29-35-25-27-38(28-26-35)72(68,69)70)47(63)54-33-45(60)56-44(30-36-32-53-40-24-16-15-21-39(36)40)50(66)58-42(23-9-7-2)48(64)55-37(31-46(61)62)20-14-13-19-34-17-11-10-12-18-34/h10-12,15-18,21,24-28,32,37,41-44,53H,6-9,13-14,19-20,22-23,29-31,33H2,1-5H3,(H,54,63)(H,55,64)(H,56,60)(H,57,65)(H,58,66)(H,59,67)(H,61,62)(H,68,69,70)/t37-,41+,42+,43+,44+/m1/s1. The summed E-state index contributed by atoms with van der Waals surface area (Å²) >= 11 is 0. The van der Waals surface area contributed by atoms with Gasteiger partial charge in [0.05, 0.1) is 17.9 Å². The van der Waals surface area contributed by atoms with Crippen LogP contribution < -0.4 is 31.9 Å². The number of amides is 6. The predicted octanol–water partition coefficient (Wildman–Crippen LogP) is 5.42. The SMILES string of the molecule is CCCC[C@H](NC(=O)[C@H](Cc1ccc(S(=O)(=O)O)cc1)NC(=O)OC(C)(C)C)C(=O)NCC(=O)N[C@@H](Cc1c[nH]c2ccccc12)C(=O)N[C@@H](CCCC)C(=O)N[C@H](CCCCc1ccccc1)CC(=O)O. The Morgan fingerprint density at radius 2 is 1.22 bits per heavy atom. The Morgan fingerprint density at radius 3 is 1.82 bits per heavy atom. The largest absolute Gasteiger partial charge is 0.481 e. The molecule has 1 aromatic heterocycles. The Hall–Kier alpha value is -6.80. The van der Waals surface area contributed by atoms with Crippen molar-refractivity contribution in [2.24, 2.45) is 0 Å². The summed E-state index contributed by atoms with van der Waals surface area (Å²) in [7, 11) is -4.50. The van der Waals surface area contributed by atoms with Crippen LogP contribution in [0.4, 0.5) is 4.79 Å². The van der Waals surface area contributed by atoms with Crippen LogP contribution in [0.5, 0.6) is 0 Å². The van der Waals surface area contributed by atoms with E-state index in [-0.39, 0.29) is 37.0 Å². The van der Waals surface area contributed by atoms with E-state index in [1.165, 1.54) is 12.1 Å². The highest BCUT2D eigenvalue weighted by molar-refractivity contribution is 7.85. The van der Waals surface area contributed by atoms with E-state index in [1.54, 1.807) is 27.0 Å². The van der Waals surface area contributed by atoms with E-state index < -0.39 is 94.1 Å². The van der Waals surface area contributed by atoms with Crippen molar-refractivity contribution in [2.45, 2.75) is 159 Å². The molecule has 72 heavy (non-hydrogen) atoms. The van der Waals surface area contributed by atoms with Gasteiger partial charge in [0.25, 0.3) is 10.1 Å². The number of rotatable bonds is 29. The maximum Gasteiger partial charge on any atom is 0.408 e. The maximum absolute atomic E-state index is 14.3. The van der Waals surface area contributed by atoms with Gasteiger partial charge in [-0.1, -0.05) is 107 Å². The molecule has 0 bridgehead atoms. The van der Waals surface area contributed by atoms with Gasteiger partial charge in [0.1, 0.15) is 29.8 Å². The van der Waals surface area contributed by atoms with E-state index >= 15 is 0 Å². The smallest absolute Gasteiger partial charge is 0.408 e. The minimum Gasteiger partial charge on any atom is -0.481 e. The number of fused-ring (bicyclic) bond motifs is 1. The highest BCUT2D eigenvalue weighted by Gasteiger charge is 2.32. The van der Waals surface area contributed by atoms with Crippen LogP contribution in [0.1, 0.15) is 116 Å². The molecule has 6 amide bonds. The lowest BCUT2D eigenvalue weighted by molar-refractivity contribution is -0.138. The molecule has 0 fully saturated rings. The van der Waals surface area contributed by atoms with Gasteiger partial charge in [-0.2, -0.15) is 8.42 Å². The molecule has 4 rings (SSSR count). The lowest BCUT2D eigenvalue weighted by Crippen LogP contribution is -2.57. The molecule has 0 aliphatic rings. The van der Waals surface area contributed by atoms with Gasteiger partial charge in [-0.15, -0.1) is 0 Å². The van der Waals surface area contributed by atoms with Crippen LogP contribution in [-0.4, -0.2) is 107 Å². The predicted molar refractivity (Wildman–Crippen MR) is 271 cm³/mol. The summed E-state index contributed by atoms with van der Waals surface area (Å²) in [6, 6.07) is 16.8. The van der Waals surface area contributed by atoms with E-state index in [0.717, 1.165) is 41.4 Å². The molecule has 3 aromatic carbocycles. The first-order valence-electron chi connectivity index (χ1n) is 24.5. The van der Waals surface area contributed by atoms with Crippen molar-refractivity contribution in [3.05, 3.63) is 102 Å². The summed E-state index contributed by atoms with van der Waals surface area (Å²) in [4.78, 5) is 97.2. The molecule has 0 saturated heterocycles. The number of aromatic nitrogens is 1. The van der Waals surface area contributed by atoms with Crippen LogP contribution >= 0.6 is 0 Å². The van der Waals surface area contributed by atoms with E-state index in [0.29, 0.717) is 49.7 Å². The number of aromatic amines is 1. The molecule has 20 heteroatoms. The molecule has 392 valence electrons. The monoisotopic (exact) mass is 1020 g/mol. The van der Waals surface area contributed by atoms with Crippen molar-refractivity contribution in [1.82, 2.24) is 36.9 Å². The van der Waals surface area contributed by atoms with E-state index in [1.807, 2.05) is 68.4 Å². The minimum absolute atomic E-state index is 0.0134. The fraction of sp³-hybridized carbons (Fsp3) is 0.481. The molecule has 0 aliphatic carbocycles. The van der Waals surface area contributed by atoms with Crippen molar-refractivity contribution < 1.29 is 56.4 Å². The molecule has 0 radical (unpaired) electrons. The third kappa shape index (κ3) is 20.1. The normalized spacial score (nSPS) is 13.6. The Bertz CT molecular complexity index is 2550. The number of unbranched alkanes of at least 4 members (excludes halogenated alkanes) is 3. The second-order valence-electron chi connectivity index (χ2n) is 18.9. The molecule has 1 heterocycles. The number of carboxylic acids is 1. The Morgan fingerprint density at radius 1 is 0.639 bits per heavy atom. The lowest BCUT2D eigenvalue weighted by atomic mass is 10.0. The first-order chi connectivity index (χ1) is 34.1. The minimum atomic E-state index is -4.50. The van der Waals surface area contributed by atoms with E-state index in [4.69, 9.17) is 4.74 Å². The van der Waals surface area contributed by atoms with Gasteiger partial charge in [0, 0.05) is 36.0 Å². The van der Waals surface area contributed by atoms with Crippen LogP contribution in [0.25, 0.3) is 10.9 Å². The number of benzene rings is 3. The average molecular weight is 1020 g/mol. The van der Waals surface area contributed by atoms with Gasteiger partial charge in [0.2, 0.25) is 29.5 Å². The highest BCUT2D eigenvalue weighted by atomic mass is 32.2. The number of carboxylic acid groups (broad SMARTS) is 1. The molecule has 19 nitrogen and oxygen atoms in total. The van der Waals surface area contributed by atoms with Gasteiger partial charge in [0.15, 0.2) is 0 Å². The number of para-hydroxylation sites is 1. The third-order valence-electron chi connectivity index (χ3n) is 11.7. The molecule has 0 saturated carbocycles. The second kappa shape index (κ2) is 28.3. The van der Waals surface area contributed by atoms with E-state index in [2.05, 4.69) is 36.9 Å². The third-order valence-corrected chi connectivity index (χ3v) is 12.5. The van der Waals surface area contributed by atoms with Gasteiger partial charge in [-0.3, -0.25) is 33.3 Å². The summed E-state index contributed by atoms with van der Waals surface area (Å²) < 4.78 is 38.0. The van der Waals surface area contributed by atoms with Crippen molar-refractivity contribution in [3.8, 4) is 0 Å². The number of hydrogen-bond donors (Lipinski definition) is 9. The molecule has 5 atom stereocenters. The molecule has 0 unspecified atom stereocenters. The first-order valence-corrected chi connectivity index (χ1v) is 25.9. The Kier molecular flexibility index (Phi) is 22.7. The molecule has 4 aromatic rings. The number of nitrogens with one attached hydrogen (secondary N) is 7. The topological polar surface area (TPSA) is 291 Å². The summed E-state index contributed by atoms with van der Waals surface area (Å²) in [6.07, 6.45) is 5.70. The number of H-pyrrole nitrogens is 1. The van der Waals surface area contributed by atoms with Crippen molar-refractivity contribution in [1.29, 1.82) is 0 Å². The highest BCUT2D eigenvalue weighted by Crippen LogP contribution is 2.20. The molecule has 0 spiro atoms. The van der Waals surface area contributed by atoms with Crippen LogP contribution in [0, 0.1) is 0 Å². The quantitative estimate of drug-likeness (QED) is 0.0244. The molecule has 9 N–H and O–H groups in total. The number of alkyl carbamates (subject to hydrolysis) is 1. The maximum atomic E-state index is 14.3. The fourth-order valence-electron chi connectivity index (χ4n) is 7.96. The van der Waals surface area contributed by atoms with Gasteiger partial charge in [-0.25, -0.2) is 4.79 Å². The van der Waals surface area contributed by atoms with Crippen LogP contribution in [0.15, 0.2) is 90.0 Å². The summed E-state index contributed by atoms with van der Waals surface area (Å²) in [6.45, 7) is 8.10. The van der Waals surface area contributed by atoms with Crippen molar-refractivity contribution >= 4 is 62.6 Å². The lowest BCUT2D eigenvalue weighted by Gasteiger charge is -2.26. The van der Waals surface area contributed by atoms with Gasteiger partial charge < -0.3 is 46.7 Å². The Labute approximate surface area is 421 Å². The average Bonchev–Trinajstić information content (AvgIpc) is 3.73. The second-order valence-corrected chi connectivity index (χ2v) is 20.3. The van der Waals surface area contributed by atoms with E-state index in [9.17, 15) is 51.6 Å². The van der Waals surface area contributed by atoms with Crippen LogP contribution in [-0.2, 0) is 62.9 Å². The first kappa shape index (κ1) is 57.8. The van der Waals surface area contributed by atoms with Crippen LogP contribution in [0.2, 0.25) is 0 Å². The number of aliphatic carboxylic acids is 1. The number of carbonyl (C=O) groups is 7. The number of carbonyl (C=O) groups excluding carboxylic acids is 6. The van der Waals surface area contributed by atoms with Crippen molar-refractivity contribution in [3.63, 3.8) is 0 Å². The molecular formula is C52H71N7O12S. The zero-order chi connectivity index (χ0) is 52.8. The van der Waals surface area contributed by atoms with Crippen LogP contribution in [0.3, 0.4) is 0 Å². The zero-order valence-corrected chi connectivity index (χ0v) is 42.6. The summed E-state index contributed by atoms with van der Waals surface area (Å²) in [5, 5.41) is 26.7. The number of hydrogen-bond acceptors (Lipinski definition) is 10.